The zero-order valence-electron chi connectivity index (χ0n) is 17.0. The van der Waals surface area contributed by atoms with Crippen LogP contribution in [-0.2, 0) is 9.53 Å². The fourth-order valence-corrected chi connectivity index (χ4v) is 3.42. The Bertz CT molecular complexity index is 710. The number of hydrogen-bond acceptors (Lipinski definition) is 4. The van der Waals surface area contributed by atoms with Crippen LogP contribution in [0.1, 0.15) is 44.9 Å². The lowest BCUT2D eigenvalue weighted by Crippen LogP contribution is -2.50. The molecule has 1 aromatic carbocycles. The van der Waals surface area contributed by atoms with Gasteiger partial charge < -0.3 is 10.1 Å². The van der Waals surface area contributed by atoms with Crippen molar-refractivity contribution in [1.29, 1.82) is 0 Å². The van der Waals surface area contributed by atoms with Crippen molar-refractivity contribution in [1.82, 2.24) is 15.1 Å². The number of benzene rings is 1. The largest absolute Gasteiger partial charge is 0.463 e. The van der Waals surface area contributed by atoms with Gasteiger partial charge in [-0.15, -0.1) is 0 Å². The molecule has 0 bridgehead atoms. The highest BCUT2D eigenvalue weighted by molar-refractivity contribution is 5.95. The summed E-state index contributed by atoms with van der Waals surface area (Å²) in [5.41, 5.74) is 3.22. The number of rotatable bonds is 8. The third-order valence-corrected chi connectivity index (χ3v) is 4.89. The van der Waals surface area contributed by atoms with Crippen molar-refractivity contribution >= 4 is 12.0 Å². The third-order valence-electron chi connectivity index (χ3n) is 4.89. The van der Waals surface area contributed by atoms with Crippen molar-refractivity contribution in [2.75, 3.05) is 32.8 Å². The lowest BCUT2D eigenvalue weighted by Gasteiger charge is -2.38. The fraction of sp³-hybridized carbons (Fsp3) is 0.524. The number of likely N-dealkylation sites (N-methyl/N-ethyl adjacent to an activating group) is 2. The van der Waals surface area contributed by atoms with E-state index >= 15 is 0 Å². The average molecular weight is 373 g/mol. The van der Waals surface area contributed by atoms with Gasteiger partial charge in [-0.2, -0.15) is 0 Å². The van der Waals surface area contributed by atoms with Crippen molar-refractivity contribution in [3.63, 3.8) is 0 Å². The maximum atomic E-state index is 12.9. The summed E-state index contributed by atoms with van der Waals surface area (Å²) in [7, 11) is 0. The first kappa shape index (κ1) is 21.0. The molecule has 1 aliphatic rings. The van der Waals surface area contributed by atoms with Crippen LogP contribution in [0, 0.1) is 6.92 Å². The van der Waals surface area contributed by atoms with Crippen LogP contribution in [-0.4, -0.2) is 54.6 Å². The number of ether oxygens (including phenoxy) is 1. The molecule has 1 atom stereocenters. The molecule has 0 saturated heterocycles. The number of aryl methyl sites for hydroxylation is 1. The van der Waals surface area contributed by atoms with E-state index in [-0.39, 0.29) is 12.0 Å². The van der Waals surface area contributed by atoms with Gasteiger partial charge in [-0.1, -0.05) is 43.7 Å². The van der Waals surface area contributed by atoms with Gasteiger partial charge in [-0.25, -0.2) is 9.59 Å². The summed E-state index contributed by atoms with van der Waals surface area (Å²) in [6.45, 7) is 12.8. The van der Waals surface area contributed by atoms with Crippen LogP contribution in [0.15, 0.2) is 35.5 Å². The summed E-state index contributed by atoms with van der Waals surface area (Å²) in [6, 6.07) is 7.19. The molecule has 1 heterocycles. The maximum absolute atomic E-state index is 12.9. The predicted molar refractivity (Wildman–Crippen MR) is 106 cm³/mol. The van der Waals surface area contributed by atoms with Crippen LogP contribution < -0.4 is 5.32 Å². The van der Waals surface area contributed by atoms with Gasteiger partial charge in [0.05, 0.1) is 18.2 Å². The predicted octanol–water partition coefficient (Wildman–Crippen LogP) is 3.24. The van der Waals surface area contributed by atoms with Crippen molar-refractivity contribution in [2.45, 2.75) is 40.7 Å². The van der Waals surface area contributed by atoms with Crippen LogP contribution in [0.25, 0.3) is 0 Å². The molecule has 0 radical (unpaired) electrons. The minimum atomic E-state index is -0.509. The van der Waals surface area contributed by atoms with E-state index < -0.39 is 6.04 Å². The Morgan fingerprint density at radius 3 is 2.48 bits per heavy atom. The average Bonchev–Trinajstić information content (AvgIpc) is 2.65. The molecule has 148 valence electrons. The molecule has 0 saturated carbocycles. The summed E-state index contributed by atoms with van der Waals surface area (Å²) in [5.74, 6) is -0.371. The second-order valence-corrected chi connectivity index (χ2v) is 6.58. The van der Waals surface area contributed by atoms with Crippen LogP contribution in [0.2, 0.25) is 0 Å². The van der Waals surface area contributed by atoms with E-state index in [1.807, 2.05) is 38.1 Å². The molecule has 1 aromatic rings. The van der Waals surface area contributed by atoms with Crippen molar-refractivity contribution < 1.29 is 14.3 Å². The second-order valence-electron chi connectivity index (χ2n) is 6.58. The van der Waals surface area contributed by atoms with Crippen LogP contribution in [0.5, 0.6) is 0 Å². The highest BCUT2D eigenvalue weighted by atomic mass is 16.5. The number of nitrogens with zero attached hydrogens (tertiary/aromatic N) is 2. The van der Waals surface area contributed by atoms with E-state index in [4.69, 9.17) is 4.74 Å². The Labute approximate surface area is 162 Å². The van der Waals surface area contributed by atoms with Crippen LogP contribution in [0.3, 0.4) is 0 Å². The standard InChI is InChI=1S/C21H31N3O3/c1-6-23(7-2)14-17-18(20(25)27-9-4)19(22-21(26)24(17)8-3)16-12-10-11-15(5)13-16/h10-13,19H,6-9,14H2,1-5H3,(H,22,26). The van der Waals surface area contributed by atoms with Gasteiger partial charge in [0.2, 0.25) is 0 Å². The van der Waals surface area contributed by atoms with E-state index in [0.717, 1.165) is 29.9 Å². The molecule has 2 amide bonds. The molecule has 1 unspecified atom stereocenters. The second kappa shape index (κ2) is 9.55. The zero-order valence-corrected chi connectivity index (χ0v) is 17.0. The normalized spacial score (nSPS) is 17.3. The Kier molecular flexibility index (Phi) is 7.42. The van der Waals surface area contributed by atoms with Crippen molar-refractivity contribution in [2.24, 2.45) is 0 Å². The molecule has 0 aliphatic carbocycles. The molecule has 0 aromatic heterocycles. The van der Waals surface area contributed by atoms with E-state index in [1.54, 1.807) is 11.8 Å². The number of amides is 2. The summed E-state index contributed by atoms with van der Waals surface area (Å²) >= 11 is 0. The van der Waals surface area contributed by atoms with Gasteiger partial charge in [0.1, 0.15) is 0 Å². The van der Waals surface area contributed by atoms with Gasteiger partial charge in [-0.05, 0) is 39.4 Å². The summed E-state index contributed by atoms with van der Waals surface area (Å²) in [4.78, 5) is 29.6. The van der Waals surface area contributed by atoms with E-state index in [2.05, 4.69) is 24.1 Å². The molecule has 1 aliphatic heterocycles. The summed E-state index contributed by atoms with van der Waals surface area (Å²) in [6.07, 6.45) is 0. The van der Waals surface area contributed by atoms with E-state index in [1.165, 1.54) is 0 Å². The number of carbonyl (C=O) groups is 2. The third kappa shape index (κ3) is 4.69. The number of urea groups is 1. The molecular formula is C21H31N3O3. The monoisotopic (exact) mass is 373 g/mol. The Balaban J connectivity index is 2.63. The highest BCUT2D eigenvalue weighted by Gasteiger charge is 2.37. The number of hydrogen-bond donors (Lipinski definition) is 1. The number of esters is 1. The zero-order chi connectivity index (χ0) is 20.0. The number of carbonyl (C=O) groups excluding carboxylic acids is 2. The Morgan fingerprint density at radius 1 is 1.22 bits per heavy atom. The lowest BCUT2D eigenvalue weighted by molar-refractivity contribution is -0.139. The number of nitrogens with one attached hydrogen (secondary N) is 1. The summed E-state index contributed by atoms with van der Waals surface area (Å²) in [5, 5.41) is 3.00. The van der Waals surface area contributed by atoms with Crippen molar-refractivity contribution in [3.8, 4) is 0 Å². The minimum Gasteiger partial charge on any atom is -0.463 e. The van der Waals surface area contributed by atoms with Gasteiger partial charge in [0.15, 0.2) is 0 Å². The molecule has 27 heavy (non-hydrogen) atoms. The van der Waals surface area contributed by atoms with Gasteiger partial charge >= 0.3 is 12.0 Å². The van der Waals surface area contributed by atoms with E-state index in [9.17, 15) is 9.59 Å². The SMILES string of the molecule is CCOC(=O)C1=C(CN(CC)CC)N(CC)C(=O)NC1c1cccc(C)c1. The first-order valence-electron chi connectivity index (χ1n) is 9.73. The first-order chi connectivity index (χ1) is 13.0. The Morgan fingerprint density at radius 2 is 1.93 bits per heavy atom. The van der Waals surface area contributed by atoms with Crippen molar-refractivity contribution in [3.05, 3.63) is 46.7 Å². The molecular weight excluding hydrogens is 342 g/mol. The highest BCUT2D eigenvalue weighted by Crippen LogP contribution is 2.32. The molecule has 1 N–H and O–H groups in total. The topological polar surface area (TPSA) is 61.9 Å². The minimum absolute atomic E-state index is 0.181. The maximum Gasteiger partial charge on any atom is 0.338 e. The van der Waals surface area contributed by atoms with Crippen LogP contribution >= 0.6 is 0 Å². The Hall–Kier alpha value is -2.34. The lowest BCUT2D eigenvalue weighted by atomic mass is 9.93. The van der Waals surface area contributed by atoms with Crippen LogP contribution in [0.4, 0.5) is 4.79 Å². The van der Waals surface area contributed by atoms with Gasteiger partial charge in [0.25, 0.3) is 0 Å². The fourth-order valence-electron chi connectivity index (χ4n) is 3.42. The molecule has 2 rings (SSSR count). The first-order valence-corrected chi connectivity index (χ1v) is 9.73. The van der Waals surface area contributed by atoms with E-state index in [0.29, 0.717) is 25.3 Å². The molecule has 0 spiro atoms. The van der Waals surface area contributed by atoms with Gasteiger partial charge in [-0.3, -0.25) is 9.80 Å². The quantitative estimate of drug-likeness (QED) is 0.711. The smallest absolute Gasteiger partial charge is 0.338 e. The molecule has 6 heteroatoms. The molecule has 6 nitrogen and oxygen atoms in total. The van der Waals surface area contributed by atoms with Gasteiger partial charge in [0, 0.05) is 18.8 Å². The molecule has 0 fully saturated rings. The summed E-state index contributed by atoms with van der Waals surface area (Å²) < 4.78 is 5.38.